The topological polar surface area (TPSA) is 110 Å². The molecule has 2 aliphatic heterocycles. The van der Waals surface area contributed by atoms with Gasteiger partial charge in [-0.3, -0.25) is 4.79 Å². The molecule has 0 amide bonds. The second-order valence-corrected chi connectivity index (χ2v) is 21.0. The zero-order valence-corrected chi connectivity index (χ0v) is 31.5. The molecule has 1 unspecified atom stereocenters. The van der Waals surface area contributed by atoms with Crippen LogP contribution in [0.25, 0.3) is 0 Å². The van der Waals surface area contributed by atoms with Gasteiger partial charge in [-0.25, -0.2) is 4.79 Å². The van der Waals surface area contributed by atoms with E-state index >= 15 is 0 Å². The third-order valence-electron chi connectivity index (χ3n) is 13.1. The lowest BCUT2D eigenvalue weighted by Gasteiger charge is -2.68. The zero-order valence-electron chi connectivity index (χ0n) is 30.5. The second-order valence-electron chi connectivity index (χ2n) is 16.2. The molecular weight excluding hydrogens is 628 g/mol. The highest BCUT2D eigenvalue weighted by molar-refractivity contribution is 6.73. The Morgan fingerprint density at radius 3 is 2.21 bits per heavy atom. The third kappa shape index (κ3) is 5.18. The first kappa shape index (κ1) is 35.7. The number of carbonyl (C=O) groups is 2. The molecule has 1 aromatic carbocycles. The number of esters is 2. The third-order valence-corrected chi connectivity index (χ3v) is 17.8. The van der Waals surface area contributed by atoms with Crippen LogP contribution >= 0.6 is 0 Å². The lowest BCUT2D eigenvalue weighted by Crippen LogP contribution is -2.79. The number of hydrogen-bond donors (Lipinski definition) is 1. The maximum absolute atomic E-state index is 14.2. The van der Waals surface area contributed by atoms with Gasteiger partial charge in [0.25, 0.3) is 0 Å². The first-order valence-corrected chi connectivity index (χ1v) is 20.5. The van der Waals surface area contributed by atoms with Crippen LogP contribution in [0.15, 0.2) is 41.5 Å². The summed E-state index contributed by atoms with van der Waals surface area (Å²) >= 11 is 0. The van der Waals surface area contributed by atoms with Gasteiger partial charge in [0.05, 0.1) is 30.3 Å². The summed E-state index contributed by atoms with van der Waals surface area (Å²) in [5.74, 6) is -2.61. The van der Waals surface area contributed by atoms with Gasteiger partial charge < -0.3 is 33.2 Å². The van der Waals surface area contributed by atoms with Crippen molar-refractivity contribution in [3.05, 3.63) is 47.0 Å². The summed E-state index contributed by atoms with van der Waals surface area (Å²) in [7, 11) is -2.19. The maximum Gasteiger partial charge on any atom is 0.338 e. The normalized spacial score (nSPS) is 39.6. The standard InChI is InChI=1S/C38H56O9Si/c1-11-48(12-2,13-3)47-26-21-38(41)32(43-33(40)25-17-15-14-16-18-25)30-36(10,20-19-27-37(30,22-42-27)44-24(5)39)31-29(45-35(8,9)46-31)28(23(26)4)34(38,6)7/h14-18,26-27,29-32,41H,11-13,19-22H2,1-10H3/t26-,27+,29+,30?,31+,32-,36+,37-,38+/m0/s1. The van der Waals surface area contributed by atoms with E-state index < -0.39 is 84.5 Å². The van der Waals surface area contributed by atoms with Crippen LogP contribution in [-0.2, 0) is 32.9 Å². The van der Waals surface area contributed by atoms with Crippen LogP contribution in [0, 0.1) is 16.7 Å². The van der Waals surface area contributed by atoms with E-state index in [1.165, 1.54) is 6.92 Å². The fourth-order valence-electron chi connectivity index (χ4n) is 10.2. The van der Waals surface area contributed by atoms with Crippen molar-refractivity contribution in [2.75, 3.05) is 6.61 Å². The van der Waals surface area contributed by atoms with Crippen molar-refractivity contribution >= 4 is 20.3 Å². The quantitative estimate of drug-likeness (QED) is 0.181. The number of hydrogen-bond acceptors (Lipinski definition) is 9. The first-order chi connectivity index (χ1) is 22.4. The highest BCUT2D eigenvalue weighted by Gasteiger charge is 2.77. The summed E-state index contributed by atoms with van der Waals surface area (Å²) in [6.07, 6.45) is -1.50. The molecule has 48 heavy (non-hydrogen) atoms. The van der Waals surface area contributed by atoms with Gasteiger partial charge in [0.15, 0.2) is 19.7 Å². The second kappa shape index (κ2) is 12.0. The summed E-state index contributed by atoms with van der Waals surface area (Å²) < 4.78 is 40.3. The maximum atomic E-state index is 14.2. The average molecular weight is 685 g/mol. The minimum atomic E-state index is -2.19. The molecule has 6 rings (SSSR count). The largest absolute Gasteiger partial charge is 0.455 e. The van der Waals surface area contributed by atoms with Crippen LogP contribution < -0.4 is 0 Å². The van der Waals surface area contributed by atoms with Crippen molar-refractivity contribution in [2.45, 2.75) is 154 Å². The molecule has 0 radical (unpaired) electrons. The summed E-state index contributed by atoms with van der Waals surface area (Å²) in [5.41, 5.74) is -2.14. The van der Waals surface area contributed by atoms with Gasteiger partial charge in [-0.2, -0.15) is 0 Å². The smallest absolute Gasteiger partial charge is 0.338 e. The Morgan fingerprint density at radius 1 is 1.00 bits per heavy atom. The van der Waals surface area contributed by atoms with Crippen molar-refractivity contribution in [2.24, 2.45) is 16.7 Å². The average Bonchev–Trinajstić information content (AvgIpc) is 3.35. The monoisotopic (exact) mass is 684 g/mol. The number of ether oxygens (including phenoxy) is 5. The molecule has 9 atom stereocenters. The fourth-order valence-corrected chi connectivity index (χ4v) is 13.1. The number of rotatable bonds is 8. The Morgan fingerprint density at radius 2 is 1.65 bits per heavy atom. The molecule has 9 nitrogen and oxygen atoms in total. The summed E-state index contributed by atoms with van der Waals surface area (Å²) in [5, 5.41) is 13.7. The predicted molar refractivity (Wildman–Crippen MR) is 183 cm³/mol. The SMILES string of the molecule is CC[Si](CC)(CC)O[C@H]1C[C@@]2(O)[C@@H](OC(=O)c3ccccc3)C3[C@@](C)(CC[C@H]4OC[C@@]34OC(C)=O)[C@@H]3OC(C)(C)O[C@@H]3C(=C1C)C2(C)C. The molecule has 1 aromatic rings. The number of fused-ring (bicyclic) bond motifs is 8. The van der Waals surface area contributed by atoms with Crippen molar-refractivity contribution in [3.63, 3.8) is 0 Å². The number of aliphatic hydroxyl groups is 1. The molecule has 1 N–H and O–H groups in total. The Labute approximate surface area is 287 Å². The number of benzene rings is 1. The van der Waals surface area contributed by atoms with Gasteiger partial charge in [-0.05, 0) is 75.0 Å². The predicted octanol–water partition coefficient (Wildman–Crippen LogP) is 6.73. The zero-order chi connectivity index (χ0) is 35.1. The van der Waals surface area contributed by atoms with E-state index in [1.54, 1.807) is 24.3 Å². The van der Waals surface area contributed by atoms with E-state index in [4.69, 9.17) is 28.1 Å². The Kier molecular flexibility index (Phi) is 8.94. The van der Waals surface area contributed by atoms with Crippen LogP contribution in [0.3, 0.4) is 0 Å². The highest BCUT2D eigenvalue weighted by Crippen LogP contribution is 2.67. The van der Waals surface area contributed by atoms with E-state index in [1.807, 2.05) is 33.8 Å². The molecule has 2 saturated carbocycles. The minimum Gasteiger partial charge on any atom is -0.455 e. The van der Waals surface area contributed by atoms with Gasteiger partial charge in [-0.15, -0.1) is 0 Å². The van der Waals surface area contributed by atoms with E-state index in [9.17, 15) is 14.7 Å². The molecule has 4 fully saturated rings. The van der Waals surface area contributed by atoms with Crippen LogP contribution in [-0.4, -0.2) is 79.5 Å². The van der Waals surface area contributed by atoms with Gasteiger partial charge >= 0.3 is 11.9 Å². The Hall–Kier alpha value is -2.08. The highest BCUT2D eigenvalue weighted by atomic mass is 28.4. The molecule has 3 aliphatic carbocycles. The molecule has 2 heterocycles. The van der Waals surface area contributed by atoms with E-state index in [-0.39, 0.29) is 13.0 Å². The van der Waals surface area contributed by atoms with Crippen LogP contribution in [0.1, 0.15) is 98.9 Å². The van der Waals surface area contributed by atoms with E-state index in [0.717, 1.165) is 29.3 Å². The van der Waals surface area contributed by atoms with Crippen molar-refractivity contribution in [1.82, 2.24) is 0 Å². The van der Waals surface area contributed by atoms with Crippen molar-refractivity contribution in [1.29, 1.82) is 0 Å². The van der Waals surface area contributed by atoms with Gasteiger partial charge in [-0.1, -0.05) is 59.7 Å². The molecule has 266 valence electrons. The van der Waals surface area contributed by atoms with Crippen LogP contribution in [0.5, 0.6) is 0 Å². The summed E-state index contributed by atoms with van der Waals surface area (Å²) in [6, 6.07) is 11.7. The van der Waals surface area contributed by atoms with Crippen LogP contribution in [0.2, 0.25) is 18.1 Å². The van der Waals surface area contributed by atoms with Gasteiger partial charge in [0.2, 0.25) is 0 Å². The first-order valence-electron chi connectivity index (χ1n) is 18.0. The molecular formula is C38H56O9Si. The van der Waals surface area contributed by atoms with Crippen LogP contribution in [0.4, 0.5) is 0 Å². The van der Waals surface area contributed by atoms with Crippen molar-refractivity contribution in [3.8, 4) is 0 Å². The molecule has 0 spiro atoms. The molecule has 0 aromatic heterocycles. The van der Waals surface area contributed by atoms with Crippen molar-refractivity contribution < 1.29 is 42.8 Å². The minimum absolute atomic E-state index is 0.133. The van der Waals surface area contributed by atoms with E-state index in [2.05, 4.69) is 34.6 Å². The number of carbonyl (C=O) groups excluding carboxylic acids is 2. The fraction of sp³-hybridized carbons (Fsp3) is 0.737. The molecule has 10 heteroatoms. The molecule has 2 bridgehead atoms. The lowest BCUT2D eigenvalue weighted by atomic mass is 9.45. The van der Waals surface area contributed by atoms with Gasteiger partial charge in [0.1, 0.15) is 23.9 Å². The Balaban J connectivity index is 1.64. The molecule has 2 saturated heterocycles. The summed E-state index contributed by atoms with van der Waals surface area (Å²) in [4.78, 5) is 27.2. The Bertz CT molecular complexity index is 1440. The lowest BCUT2D eigenvalue weighted by molar-refractivity contribution is -0.346. The van der Waals surface area contributed by atoms with E-state index in [0.29, 0.717) is 18.4 Å². The van der Waals surface area contributed by atoms with Gasteiger partial charge in [0, 0.05) is 24.2 Å². The summed E-state index contributed by atoms with van der Waals surface area (Å²) in [6.45, 7) is 20.3. The molecule has 5 aliphatic rings.